The summed E-state index contributed by atoms with van der Waals surface area (Å²) in [6.45, 7) is 6.08. The van der Waals surface area contributed by atoms with Crippen molar-refractivity contribution in [2.75, 3.05) is 25.5 Å². The first-order chi connectivity index (χ1) is 8.54. The first kappa shape index (κ1) is 13.1. The quantitative estimate of drug-likeness (QED) is 0.870. The Morgan fingerprint density at radius 3 is 2.56 bits per heavy atom. The second-order valence-corrected chi connectivity index (χ2v) is 5.47. The largest absolute Gasteiger partial charge is 0.326 e. The van der Waals surface area contributed by atoms with Gasteiger partial charge in [0.05, 0.1) is 5.92 Å². The number of anilines is 1. The molecule has 0 aliphatic carbocycles. The highest BCUT2D eigenvalue weighted by Gasteiger charge is 2.23. The number of piperidine rings is 1. The molecule has 1 atom stereocenters. The van der Waals surface area contributed by atoms with Gasteiger partial charge in [-0.25, -0.2) is 0 Å². The predicted molar refractivity (Wildman–Crippen MR) is 74.8 cm³/mol. The summed E-state index contributed by atoms with van der Waals surface area (Å²) in [6, 6.07) is 6.17. The van der Waals surface area contributed by atoms with Crippen LogP contribution in [0, 0.1) is 19.8 Å². The maximum absolute atomic E-state index is 12.2. The third-order valence-corrected chi connectivity index (χ3v) is 3.48. The fraction of sp³-hybridized carbons (Fsp3) is 0.533. The van der Waals surface area contributed by atoms with Crippen LogP contribution in [0.1, 0.15) is 24.0 Å². The summed E-state index contributed by atoms with van der Waals surface area (Å²) in [4.78, 5) is 14.4. The molecule has 1 unspecified atom stereocenters. The lowest BCUT2D eigenvalue weighted by atomic mass is 9.97. The van der Waals surface area contributed by atoms with Gasteiger partial charge >= 0.3 is 0 Å². The van der Waals surface area contributed by atoms with Crippen LogP contribution in [0.5, 0.6) is 0 Å². The van der Waals surface area contributed by atoms with E-state index in [2.05, 4.69) is 37.2 Å². The first-order valence-electron chi connectivity index (χ1n) is 6.62. The Morgan fingerprint density at radius 2 is 1.94 bits per heavy atom. The highest BCUT2D eigenvalue weighted by atomic mass is 16.1. The molecule has 0 saturated carbocycles. The van der Waals surface area contributed by atoms with E-state index in [0.717, 1.165) is 31.6 Å². The molecule has 1 heterocycles. The monoisotopic (exact) mass is 246 g/mol. The molecule has 1 amide bonds. The van der Waals surface area contributed by atoms with E-state index < -0.39 is 0 Å². The molecule has 0 aromatic heterocycles. The van der Waals surface area contributed by atoms with Crippen LogP contribution in [-0.2, 0) is 4.79 Å². The molecule has 3 heteroatoms. The summed E-state index contributed by atoms with van der Waals surface area (Å²) < 4.78 is 0. The Balaban J connectivity index is 2.02. The lowest BCUT2D eigenvalue weighted by Crippen LogP contribution is -2.38. The number of carbonyl (C=O) groups is 1. The SMILES string of the molecule is Cc1cc(C)cc(NC(=O)C2CCCN(C)C2)c1. The minimum atomic E-state index is 0.129. The second-order valence-electron chi connectivity index (χ2n) is 5.47. The Hall–Kier alpha value is -1.35. The third kappa shape index (κ3) is 3.33. The molecule has 0 spiro atoms. The first-order valence-corrected chi connectivity index (χ1v) is 6.62. The molecule has 2 rings (SSSR count). The molecule has 0 radical (unpaired) electrons. The van der Waals surface area contributed by atoms with E-state index in [1.807, 2.05) is 12.1 Å². The normalized spacial score (nSPS) is 20.7. The van der Waals surface area contributed by atoms with E-state index >= 15 is 0 Å². The summed E-state index contributed by atoms with van der Waals surface area (Å²) in [5.74, 6) is 0.288. The number of hydrogen-bond acceptors (Lipinski definition) is 2. The number of nitrogens with one attached hydrogen (secondary N) is 1. The van der Waals surface area contributed by atoms with Crippen LogP contribution in [0.15, 0.2) is 18.2 Å². The average molecular weight is 246 g/mol. The van der Waals surface area contributed by atoms with Crippen molar-refractivity contribution in [3.8, 4) is 0 Å². The number of carbonyl (C=O) groups excluding carboxylic acids is 1. The fourth-order valence-electron chi connectivity index (χ4n) is 2.67. The van der Waals surface area contributed by atoms with Crippen molar-refractivity contribution in [1.82, 2.24) is 4.90 Å². The van der Waals surface area contributed by atoms with Crippen molar-refractivity contribution >= 4 is 11.6 Å². The van der Waals surface area contributed by atoms with Crippen LogP contribution in [0.2, 0.25) is 0 Å². The number of benzene rings is 1. The van der Waals surface area contributed by atoms with E-state index in [0.29, 0.717) is 0 Å². The van der Waals surface area contributed by atoms with Gasteiger partial charge in [0.25, 0.3) is 0 Å². The standard InChI is InChI=1S/C15H22N2O/c1-11-7-12(2)9-14(8-11)16-15(18)13-5-4-6-17(3)10-13/h7-9,13H,4-6,10H2,1-3H3,(H,16,18). The molecule has 0 bridgehead atoms. The number of nitrogens with zero attached hydrogens (tertiary/aromatic N) is 1. The van der Waals surface area contributed by atoms with E-state index in [-0.39, 0.29) is 11.8 Å². The van der Waals surface area contributed by atoms with Gasteiger partial charge in [0.1, 0.15) is 0 Å². The highest BCUT2D eigenvalue weighted by Crippen LogP contribution is 2.19. The fourth-order valence-corrected chi connectivity index (χ4v) is 2.67. The molecule has 1 aromatic rings. The van der Waals surface area contributed by atoms with Gasteiger partial charge in [-0.3, -0.25) is 4.79 Å². The number of aryl methyl sites for hydroxylation is 2. The highest BCUT2D eigenvalue weighted by molar-refractivity contribution is 5.92. The Kier molecular flexibility index (Phi) is 4.02. The Morgan fingerprint density at radius 1 is 1.28 bits per heavy atom. The number of hydrogen-bond donors (Lipinski definition) is 1. The molecule has 1 aromatic carbocycles. The number of rotatable bonds is 2. The Labute approximate surface area is 109 Å². The minimum Gasteiger partial charge on any atom is -0.326 e. The molecule has 1 aliphatic heterocycles. The van der Waals surface area contributed by atoms with Crippen molar-refractivity contribution in [1.29, 1.82) is 0 Å². The van der Waals surface area contributed by atoms with E-state index in [9.17, 15) is 4.79 Å². The van der Waals surface area contributed by atoms with Gasteiger partial charge in [-0.2, -0.15) is 0 Å². The van der Waals surface area contributed by atoms with E-state index in [1.165, 1.54) is 11.1 Å². The van der Waals surface area contributed by atoms with Crippen LogP contribution in [0.4, 0.5) is 5.69 Å². The van der Waals surface area contributed by atoms with Crippen molar-refractivity contribution < 1.29 is 4.79 Å². The van der Waals surface area contributed by atoms with Crippen molar-refractivity contribution in [3.63, 3.8) is 0 Å². The molecule has 98 valence electrons. The van der Waals surface area contributed by atoms with Crippen molar-refractivity contribution in [2.24, 2.45) is 5.92 Å². The molecular weight excluding hydrogens is 224 g/mol. The molecule has 1 saturated heterocycles. The third-order valence-electron chi connectivity index (χ3n) is 3.48. The van der Waals surface area contributed by atoms with Crippen LogP contribution in [-0.4, -0.2) is 30.9 Å². The van der Waals surface area contributed by atoms with E-state index in [1.54, 1.807) is 0 Å². The summed E-state index contributed by atoms with van der Waals surface area (Å²) in [6.07, 6.45) is 2.11. The smallest absolute Gasteiger partial charge is 0.228 e. The van der Waals surface area contributed by atoms with Crippen molar-refractivity contribution in [2.45, 2.75) is 26.7 Å². The summed E-state index contributed by atoms with van der Waals surface area (Å²) >= 11 is 0. The van der Waals surface area contributed by atoms with Crippen LogP contribution < -0.4 is 5.32 Å². The van der Waals surface area contributed by atoms with Gasteiger partial charge in [0.2, 0.25) is 5.91 Å². The summed E-state index contributed by atoms with van der Waals surface area (Å²) in [5, 5.41) is 3.05. The van der Waals surface area contributed by atoms with Crippen molar-refractivity contribution in [3.05, 3.63) is 29.3 Å². The summed E-state index contributed by atoms with van der Waals surface area (Å²) in [5.41, 5.74) is 3.29. The number of amides is 1. The van der Waals surface area contributed by atoms with Crippen LogP contribution in [0.25, 0.3) is 0 Å². The predicted octanol–water partition coefficient (Wildman–Crippen LogP) is 2.58. The average Bonchev–Trinajstić information content (AvgIpc) is 2.27. The maximum atomic E-state index is 12.2. The van der Waals surface area contributed by atoms with Crippen LogP contribution in [0.3, 0.4) is 0 Å². The molecule has 1 aliphatic rings. The van der Waals surface area contributed by atoms with Gasteiger partial charge in [-0.05, 0) is 63.5 Å². The zero-order chi connectivity index (χ0) is 13.1. The second kappa shape index (κ2) is 5.53. The van der Waals surface area contributed by atoms with Gasteiger partial charge in [-0.15, -0.1) is 0 Å². The lowest BCUT2D eigenvalue weighted by Gasteiger charge is -2.28. The number of likely N-dealkylation sites (tertiary alicyclic amines) is 1. The molecule has 18 heavy (non-hydrogen) atoms. The lowest BCUT2D eigenvalue weighted by molar-refractivity contribution is -0.121. The van der Waals surface area contributed by atoms with E-state index in [4.69, 9.17) is 0 Å². The molecule has 3 nitrogen and oxygen atoms in total. The zero-order valence-electron chi connectivity index (χ0n) is 11.5. The topological polar surface area (TPSA) is 32.3 Å². The summed E-state index contributed by atoms with van der Waals surface area (Å²) in [7, 11) is 2.08. The zero-order valence-corrected chi connectivity index (χ0v) is 11.5. The minimum absolute atomic E-state index is 0.129. The molecular formula is C15H22N2O. The van der Waals surface area contributed by atoms with Crippen LogP contribution >= 0.6 is 0 Å². The van der Waals surface area contributed by atoms with Gasteiger partial charge in [-0.1, -0.05) is 6.07 Å². The van der Waals surface area contributed by atoms with Gasteiger partial charge < -0.3 is 10.2 Å². The molecule has 1 N–H and O–H groups in total. The molecule has 1 fully saturated rings. The van der Waals surface area contributed by atoms with Gasteiger partial charge in [0.15, 0.2) is 0 Å². The van der Waals surface area contributed by atoms with Gasteiger partial charge in [0, 0.05) is 12.2 Å². The maximum Gasteiger partial charge on any atom is 0.228 e. The Bertz CT molecular complexity index is 422.